The first-order valence-electron chi connectivity index (χ1n) is 7.73. The lowest BCUT2D eigenvalue weighted by Crippen LogP contribution is -2.43. The lowest BCUT2D eigenvalue weighted by atomic mass is 10.1. The van der Waals surface area contributed by atoms with Crippen LogP contribution in [0.4, 0.5) is 0 Å². The summed E-state index contributed by atoms with van der Waals surface area (Å²) in [5.74, 6) is 0.342. The highest BCUT2D eigenvalue weighted by molar-refractivity contribution is 5.85. The molecule has 0 aromatic carbocycles. The van der Waals surface area contributed by atoms with Crippen LogP contribution >= 0.6 is 0 Å². The van der Waals surface area contributed by atoms with Crippen LogP contribution in [0.25, 0.3) is 0 Å². The van der Waals surface area contributed by atoms with Crippen LogP contribution in [0.3, 0.4) is 0 Å². The molecule has 0 spiro atoms. The molecule has 7 nitrogen and oxygen atoms in total. The molecular formula is C16H27N5O2. The Kier molecular flexibility index (Phi) is 7.47. The van der Waals surface area contributed by atoms with Gasteiger partial charge in [-0.1, -0.05) is 0 Å². The van der Waals surface area contributed by atoms with Gasteiger partial charge in [0.25, 0.3) is 0 Å². The van der Waals surface area contributed by atoms with E-state index in [1.54, 1.807) is 24.5 Å². The molecule has 0 bridgehead atoms. The number of aliphatic hydroxyl groups excluding tert-OH is 1. The summed E-state index contributed by atoms with van der Waals surface area (Å²) in [7, 11) is 0. The van der Waals surface area contributed by atoms with Crippen molar-refractivity contribution < 1.29 is 9.90 Å². The number of rotatable bonds is 6. The van der Waals surface area contributed by atoms with E-state index in [1.807, 2.05) is 27.7 Å². The van der Waals surface area contributed by atoms with Crippen molar-refractivity contribution in [2.24, 2.45) is 4.99 Å². The zero-order valence-corrected chi connectivity index (χ0v) is 14.3. The van der Waals surface area contributed by atoms with Crippen LogP contribution in [-0.4, -0.2) is 47.1 Å². The van der Waals surface area contributed by atoms with Crippen LogP contribution in [0.5, 0.6) is 0 Å². The van der Waals surface area contributed by atoms with E-state index in [9.17, 15) is 9.90 Å². The summed E-state index contributed by atoms with van der Waals surface area (Å²) in [6, 6.07) is 3.51. The van der Waals surface area contributed by atoms with Crippen molar-refractivity contribution >= 4 is 11.9 Å². The van der Waals surface area contributed by atoms with Gasteiger partial charge in [-0.3, -0.25) is 9.78 Å². The van der Waals surface area contributed by atoms with Gasteiger partial charge in [0.2, 0.25) is 5.91 Å². The molecule has 1 unspecified atom stereocenters. The Morgan fingerprint density at radius 3 is 2.52 bits per heavy atom. The van der Waals surface area contributed by atoms with Crippen molar-refractivity contribution in [2.75, 3.05) is 19.6 Å². The molecule has 0 saturated heterocycles. The molecule has 0 saturated carbocycles. The van der Waals surface area contributed by atoms with Gasteiger partial charge in [-0.25, -0.2) is 4.99 Å². The highest BCUT2D eigenvalue weighted by Crippen LogP contribution is 2.09. The number of hydrogen-bond acceptors (Lipinski definition) is 4. The zero-order chi connectivity index (χ0) is 17.3. The molecule has 1 amide bonds. The van der Waals surface area contributed by atoms with E-state index < -0.39 is 6.10 Å². The number of carbonyl (C=O) groups is 1. The van der Waals surface area contributed by atoms with E-state index >= 15 is 0 Å². The predicted molar refractivity (Wildman–Crippen MR) is 91.1 cm³/mol. The molecule has 1 rings (SSSR count). The molecule has 0 aliphatic carbocycles. The zero-order valence-electron chi connectivity index (χ0n) is 14.3. The number of pyridine rings is 1. The second kappa shape index (κ2) is 9.09. The molecule has 1 aromatic heterocycles. The molecule has 128 valence electrons. The van der Waals surface area contributed by atoms with Crippen molar-refractivity contribution in [1.82, 2.24) is 20.9 Å². The van der Waals surface area contributed by atoms with Gasteiger partial charge in [-0.05, 0) is 45.4 Å². The van der Waals surface area contributed by atoms with Crippen LogP contribution in [0.15, 0.2) is 29.5 Å². The molecule has 0 aliphatic heterocycles. The van der Waals surface area contributed by atoms with Crippen molar-refractivity contribution in [3.63, 3.8) is 0 Å². The van der Waals surface area contributed by atoms with Gasteiger partial charge in [-0.15, -0.1) is 0 Å². The maximum atomic E-state index is 11.8. The Hall–Kier alpha value is -2.15. The highest BCUT2D eigenvalue weighted by Gasteiger charge is 2.13. The van der Waals surface area contributed by atoms with Crippen molar-refractivity contribution in [3.05, 3.63) is 30.1 Å². The van der Waals surface area contributed by atoms with E-state index in [2.05, 4.69) is 25.9 Å². The summed E-state index contributed by atoms with van der Waals surface area (Å²) >= 11 is 0. The first-order chi connectivity index (χ1) is 10.8. The van der Waals surface area contributed by atoms with E-state index in [0.717, 1.165) is 5.56 Å². The number of hydrogen-bond donors (Lipinski definition) is 4. The number of amides is 1. The highest BCUT2D eigenvalue weighted by atomic mass is 16.3. The van der Waals surface area contributed by atoms with Crippen LogP contribution in [0.1, 0.15) is 39.4 Å². The van der Waals surface area contributed by atoms with E-state index in [0.29, 0.717) is 12.5 Å². The van der Waals surface area contributed by atoms with Crippen LogP contribution in [0.2, 0.25) is 0 Å². The minimum Gasteiger partial charge on any atom is -0.387 e. The van der Waals surface area contributed by atoms with Crippen molar-refractivity contribution in [3.8, 4) is 0 Å². The van der Waals surface area contributed by atoms with Gasteiger partial charge in [0.15, 0.2) is 5.96 Å². The number of nitrogens with one attached hydrogen (secondary N) is 3. The number of carbonyl (C=O) groups excluding carboxylic acids is 1. The van der Waals surface area contributed by atoms with Gasteiger partial charge < -0.3 is 21.1 Å². The van der Waals surface area contributed by atoms with Crippen LogP contribution in [0, 0.1) is 0 Å². The average Bonchev–Trinajstić information content (AvgIpc) is 2.49. The standard InChI is InChI=1S/C16H27N5O2/c1-5-18-15(20-11-14(23)21-16(2,3)4)19-10-13(22)12-6-8-17-9-7-12/h6-9,13,22H,5,10-11H2,1-4H3,(H,21,23)(H2,18,19,20). The third-order valence-electron chi connectivity index (χ3n) is 2.79. The first kappa shape index (κ1) is 18.9. The summed E-state index contributed by atoms with van der Waals surface area (Å²) in [6.07, 6.45) is 2.59. The number of nitrogens with zero attached hydrogens (tertiary/aromatic N) is 2. The Bertz CT molecular complexity index is 511. The number of aromatic nitrogens is 1. The molecule has 1 aromatic rings. The smallest absolute Gasteiger partial charge is 0.242 e. The SMILES string of the molecule is CCNC(=NCC(=O)NC(C)(C)C)NCC(O)c1ccncc1. The van der Waals surface area contributed by atoms with Gasteiger partial charge >= 0.3 is 0 Å². The minimum atomic E-state index is -0.676. The largest absolute Gasteiger partial charge is 0.387 e. The lowest BCUT2D eigenvalue weighted by Gasteiger charge is -2.20. The third kappa shape index (κ3) is 8.15. The van der Waals surface area contributed by atoms with Gasteiger partial charge in [-0.2, -0.15) is 0 Å². The van der Waals surface area contributed by atoms with Gasteiger partial charge in [0.05, 0.1) is 6.10 Å². The van der Waals surface area contributed by atoms with Crippen LogP contribution < -0.4 is 16.0 Å². The molecule has 7 heteroatoms. The number of aliphatic hydroxyl groups is 1. The Morgan fingerprint density at radius 2 is 1.96 bits per heavy atom. The molecule has 0 fully saturated rings. The summed E-state index contributed by atoms with van der Waals surface area (Å²) in [5, 5.41) is 19.0. The number of aliphatic imine (C=N–C) groups is 1. The topological polar surface area (TPSA) is 98.6 Å². The quantitative estimate of drug-likeness (QED) is 0.454. The lowest BCUT2D eigenvalue weighted by molar-refractivity contribution is -0.121. The van der Waals surface area contributed by atoms with Crippen LogP contribution in [-0.2, 0) is 4.79 Å². The Labute approximate surface area is 137 Å². The molecule has 23 heavy (non-hydrogen) atoms. The van der Waals surface area contributed by atoms with E-state index in [-0.39, 0.29) is 24.5 Å². The predicted octanol–water partition coefficient (Wildman–Crippen LogP) is 0.585. The fraction of sp³-hybridized carbons (Fsp3) is 0.562. The first-order valence-corrected chi connectivity index (χ1v) is 7.73. The fourth-order valence-corrected chi connectivity index (χ4v) is 1.85. The van der Waals surface area contributed by atoms with E-state index in [1.165, 1.54) is 0 Å². The van der Waals surface area contributed by atoms with Gasteiger partial charge in [0.1, 0.15) is 6.54 Å². The minimum absolute atomic E-state index is 0.0257. The molecule has 4 N–H and O–H groups in total. The second-order valence-electron chi connectivity index (χ2n) is 6.17. The van der Waals surface area contributed by atoms with Crippen molar-refractivity contribution in [2.45, 2.75) is 39.3 Å². The summed E-state index contributed by atoms with van der Waals surface area (Å²) in [4.78, 5) is 19.9. The molecule has 0 radical (unpaired) electrons. The molecule has 1 heterocycles. The molecule has 1 atom stereocenters. The maximum Gasteiger partial charge on any atom is 0.242 e. The summed E-state index contributed by atoms with van der Waals surface area (Å²) in [5.41, 5.74) is 0.490. The summed E-state index contributed by atoms with van der Waals surface area (Å²) in [6.45, 7) is 8.67. The molecule has 0 aliphatic rings. The molecular weight excluding hydrogens is 294 g/mol. The third-order valence-corrected chi connectivity index (χ3v) is 2.79. The number of guanidine groups is 1. The Morgan fingerprint density at radius 1 is 1.30 bits per heavy atom. The average molecular weight is 321 g/mol. The monoisotopic (exact) mass is 321 g/mol. The maximum absolute atomic E-state index is 11.8. The normalized spacial score (nSPS) is 13.3. The van der Waals surface area contributed by atoms with Crippen molar-refractivity contribution in [1.29, 1.82) is 0 Å². The second-order valence-corrected chi connectivity index (χ2v) is 6.17. The van der Waals surface area contributed by atoms with E-state index in [4.69, 9.17) is 0 Å². The Balaban J connectivity index is 2.54. The van der Waals surface area contributed by atoms with Gasteiger partial charge in [0, 0.05) is 31.0 Å². The summed E-state index contributed by atoms with van der Waals surface area (Å²) < 4.78 is 0. The fourth-order valence-electron chi connectivity index (χ4n) is 1.85.